The fourth-order valence-corrected chi connectivity index (χ4v) is 1.87. The van der Waals surface area contributed by atoms with Gasteiger partial charge < -0.3 is 15.8 Å². The van der Waals surface area contributed by atoms with E-state index in [0.29, 0.717) is 6.04 Å². The summed E-state index contributed by atoms with van der Waals surface area (Å²) >= 11 is 0. The van der Waals surface area contributed by atoms with Crippen molar-refractivity contribution >= 4 is 11.4 Å². The molecule has 1 heterocycles. The molecule has 1 fully saturated rings. The van der Waals surface area contributed by atoms with E-state index in [4.69, 9.17) is 10.5 Å². The smallest absolute Gasteiger partial charge is 0.0485 e. The molecule has 0 unspecified atom stereocenters. The number of hydrogen-bond acceptors (Lipinski definition) is 3. The van der Waals surface area contributed by atoms with E-state index in [1.165, 1.54) is 0 Å². The maximum atomic E-state index is 5.86. The van der Waals surface area contributed by atoms with Gasteiger partial charge in [-0.1, -0.05) is 6.07 Å². The van der Waals surface area contributed by atoms with Gasteiger partial charge in [-0.15, -0.1) is 0 Å². The lowest BCUT2D eigenvalue weighted by molar-refractivity contribution is 0.0904. The number of benzene rings is 1. The first-order valence-corrected chi connectivity index (χ1v) is 5.47. The molecule has 3 nitrogen and oxygen atoms in total. The van der Waals surface area contributed by atoms with Crippen LogP contribution in [0.25, 0.3) is 0 Å². The molecule has 0 radical (unpaired) electrons. The van der Waals surface area contributed by atoms with E-state index in [1.807, 2.05) is 12.1 Å². The second kappa shape index (κ2) is 4.53. The van der Waals surface area contributed by atoms with Gasteiger partial charge in [-0.25, -0.2) is 0 Å². The molecule has 1 aromatic carbocycles. The van der Waals surface area contributed by atoms with Crippen LogP contribution in [0.5, 0.6) is 0 Å². The average molecular weight is 206 g/mol. The van der Waals surface area contributed by atoms with Gasteiger partial charge in [0.25, 0.3) is 0 Å². The summed E-state index contributed by atoms with van der Waals surface area (Å²) in [6.07, 6.45) is 2.16. The van der Waals surface area contributed by atoms with E-state index in [2.05, 4.69) is 18.3 Å². The summed E-state index contributed by atoms with van der Waals surface area (Å²) in [6, 6.07) is 6.54. The largest absolute Gasteiger partial charge is 0.398 e. The quantitative estimate of drug-likeness (QED) is 0.729. The highest BCUT2D eigenvalue weighted by Crippen LogP contribution is 2.23. The SMILES string of the molecule is Cc1c(N)cccc1NC1CCOCC1. The lowest BCUT2D eigenvalue weighted by atomic mass is 10.1. The molecule has 1 saturated heterocycles. The number of nitrogens with one attached hydrogen (secondary N) is 1. The first kappa shape index (κ1) is 10.3. The van der Waals surface area contributed by atoms with Gasteiger partial charge >= 0.3 is 0 Å². The minimum Gasteiger partial charge on any atom is -0.398 e. The van der Waals surface area contributed by atoms with E-state index in [9.17, 15) is 0 Å². The van der Waals surface area contributed by atoms with E-state index in [1.54, 1.807) is 0 Å². The van der Waals surface area contributed by atoms with E-state index >= 15 is 0 Å². The summed E-state index contributed by atoms with van der Waals surface area (Å²) < 4.78 is 5.33. The molecule has 0 atom stereocenters. The van der Waals surface area contributed by atoms with Crippen molar-refractivity contribution in [1.82, 2.24) is 0 Å². The number of hydrogen-bond donors (Lipinski definition) is 2. The zero-order chi connectivity index (χ0) is 10.7. The highest BCUT2D eigenvalue weighted by Gasteiger charge is 2.14. The predicted octanol–water partition coefficient (Wildman–Crippen LogP) is 2.17. The summed E-state index contributed by atoms with van der Waals surface area (Å²) in [5, 5.41) is 3.53. The Morgan fingerprint density at radius 1 is 1.33 bits per heavy atom. The molecule has 3 N–H and O–H groups in total. The molecule has 0 spiro atoms. The van der Waals surface area contributed by atoms with Crippen LogP contribution in [0.3, 0.4) is 0 Å². The van der Waals surface area contributed by atoms with Crippen molar-refractivity contribution < 1.29 is 4.74 Å². The number of nitrogens with two attached hydrogens (primary N) is 1. The highest BCUT2D eigenvalue weighted by atomic mass is 16.5. The van der Waals surface area contributed by atoms with Gasteiger partial charge in [-0.2, -0.15) is 0 Å². The standard InChI is InChI=1S/C12H18N2O/c1-9-11(13)3-2-4-12(9)14-10-5-7-15-8-6-10/h2-4,10,14H,5-8,13H2,1H3. The zero-order valence-electron chi connectivity index (χ0n) is 9.12. The van der Waals surface area contributed by atoms with Crippen molar-refractivity contribution in [3.63, 3.8) is 0 Å². The average Bonchev–Trinajstić information content (AvgIpc) is 2.26. The van der Waals surface area contributed by atoms with Crippen LogP contribution in [0.1, 0.15) is 18.4 Å². The first-order valence-electron chi connectivity index (χ1n) is 5.47. The van der Waals surface area contributed by atoms with E-state index in [-0.39, 0.29) is 0 Å². The Morgan fingerprint density at radius 3 is 2.80 bits per heavy atom. The number of rotatable bonds is 2. The van der Waals surface area contributed by atoms with Crippen LogP contribution in [0.2, 0.25) is 0 Å². The molecule has 15 heavy (non-hydrogen) atoms. The van der Waals surface area contributed by atoms with Gasteiger partial charge in [-0.05, 0) is 37.5 Å². The Labute approximate surface area is 90.6 Å². The lowest BCUT2D eigenvalue weighted by Crippen LogP contribution is -2.28. The molecule has 0 aromatic heterocycles. The third kappa shape index (κ3) is 2.42. The normalized spacial score (nSPS) is 17.7. The molecule has 82 valence electrons. The van der Waals surface area contributed by atoms with E-state index < -0.39 is 0 Å². The molecule has 1 aromatic rings. The van der Waals surface area contributed by atoms with Crippen LogP contribution in [0.15, 0.2) is 18.2 Å². The molecule has 0 bridgehead atoms. The Morgan fingerprint density at radius 2 is 2.07 bits per heavy atom. The minimum absolute atomic E-state index is 0.527. The molecule has 0 aliphatic carbocycles. The topological polar surface area (TPSA) is 47.3 Å². The van der Waals surface area contributed by atoms with Crippen LogP contribution in [0, 0.1) is 6.92 Å². The number of nitrogen functional groups attached to an aromatic ring is 1. The van der Waals surface area contributed by atoms with Gasteiger partial charge in [0.05, 0.1) is 0 Å². The maximum Gasteiger partial charge on any atom is 0.0485 e. The second-order valence-corrected chi connectivity index (χ2v) is 4.05. The minimum atomic E-state index is 0.527. The van der Waals surface area contributed by atoms with Crippen molar-refractivity contribution in [2.75, 3.05) is 24.3 Å². The third-order valence-electron chi connectivity index (χ3n) is 2.96. The van der Waals surface area contributed by atoms with Gasteiger partial charge in [0.15, 0.2) is 0 Å². The van der Waals surface area contributed by atoms with E-state index in [0.717, 1.165) is 43.0 Å². The summed E-state index contributed by atoms with van der Waals surface area (Å²) in [4.78, 5) is 0. The summed E-state index contributed by atoms with van der Waals surface area (Å²) in [7, 11) is 0. The molecular weight excluding hydrogens is 188 g/mol. The molecule has 2 rings (SSSR count). The zero-order valence-corrected chi connectivity index (χ0v) is 9.12. The second-order valence-electron chi connectivity index (χ2n) is 4.05. The van der Waals surface area contributed by atoms with Crippen molar-refractivity contribution in [1.29, 1.82) is 0 Å². The van der Waals surface area contributed by atoms with Gasteiger partial charge in [0.1, 0.15) is 0 Å². The fraction of sp³-hybridized carbons (Fsp3) is 0.500. The van der Waals surface area contributed by atoms with Crippen molar-refractivity contribution in [3.8, 4) is 0 Å². The van der Waals surface area contributed by atoms with Crippen molar-refractivity contribution in [2.24, 2.45) is 0 Å². The Kier molecular flexibility index (Phi) is 3.11. The predicted molar refractivity (Wildman–Crippen MR) is 63.1 cm³/mol. The number of ether oxygens (including phenoxy) is 1. The van der Waals surface area contributed by atoms with Crippen LogP contribution >= 0.6 is 0 Å². The van der Waals surface area contributed by atoms with Crippen LogP contribution < -0.4 is 11.1 Å². The summed E-state index contributed by atoms with van der Waals surface area (Å²) in [6.45, 7) is 3.77. The Bertz CT molecular complexity index is 332. The Hall–Kier alpha value is -1.22. The fourth-order valence-electron chi connectivity index (χ4n) is 1.87. The van der Waals surface area contributed by atoms with Gasteiger partial charge in [0, 0.05) is 30.6 Å². The van der Waals surface area contributed by atoms with Crippen LogP contribution in [-0.4, -0.2) is 19.3 Å². The molecule has 0 saturated carbocycles. The molecule has 0 amide bonds. The monoisotopic (exact) mass is 206 g/mol. The molecular formula is C12H18N2O. The maximum absolute atomic E-state index is 5.86. The van der Waals surface area contributed by atoms with Crippen molar-refractivity contribution in [2.45, 2.75) is 25.8 Å². The Balaban J connectivity index is 2.06. The summed E-state index contributed by atoms with van der Waals surface area (Å²) in [5.41, 5.74) is 9.01. The highest BCUT2D eigenvalue weighted by molar-refractivity contribution is 5.63. The third-order valence-corrected chi connectivity index (χ3v) is 2.96. The lowest BCUT2D eigenvalue weighted by Gasteiger charge is -2.25. The molecule has 1 aliphatic rings. The van der Waals surface area contributed by atoms with Crippen LogP contribution in [-0.2, 0) is 4.74 Å². The molecule has 1 aliphatic heterocycles. The first-order chi connectivity index (χ1) is 7.27. The van der Waals surface area contributed by atoms with Crippen molar-refractivity contribution in [3.05, 3.63) is 23.8 Å². The number of anilines is 2. The summed E-state index contributed by atoms with van der Waals surface area (Å²) in [5.74, 6) is 0. The van der Waals surface area contributed by atoms with Gasteiger partial charge in [-0.3, -0.25) is 0 Å². The van der Waals surface area contributed by atoms with Gasteiger partial charge in [0.2, 0.25) is 0 Å². The van der Waals surface area contributed by atoms with Crippen LogP contribution in [0.4, 0.5) is 11.4 Å². The molecule has 3 heteroatoms.